The molecule has 0 spiro atoms. The van der Waals surface area contributed by atoms with Gasteiger partial charge in [0.05, 0.1) is 0 Å². The van der Waals surface area contributed by atoms with Gasteiger partial charge in [-0.15, -0.1) is 0 Å². The van der Waals surface area contributed by atoms with Crippen LogP contribution in [0.3, 0.4) is 0 Å². The van der Waals surface area contributed by atoms with Gasteiger partial charge in [0, 0.05) is 30.5 Å². The third-order valence-corrected chi connectivity index (χ3v) is 3.54. The molecular weight excluding hydrogens is 314 g/mol. The van der Waals surface area contributed by atoms with Crippen LogP contribution in [-0.4, -0.2) is 25.6 Å². The first-order valence-corrected chi connectivity index (χ1v) is 7.76. The predicted molar refractivity (Wildman–Crippen MR) is 90.5 cm³/mol. The first kappa shape index (κ1) is 17.7. The molecule has 2 aromatic carbocycles. The molecule has 24 heavy (non-hydrogen) atoms. The van der Waals surface area contributed by atoms with Gasteiger partial charge in [0.2, 0.25) is 0 Å². The van der Waals surface area contributed by atoms with Gasteiger partial charge in [-0.1, -0.05) is 0 Å². The molecule has 0 aliphatic heterocycles. The van der Waals surface area contributed by atoms with Crippen molar-refractivity contribution in [3.8, 4) is 5.75 Å². The van der Waals surface area contributed by atoms with E-state index in [-0.39, 0.29) is 18.3 Å². The summed E-state index contributed by atoms with van der Waals surface area (Å²) in [5, 5.41) is 2.69. The lowest BCUT2D eigenvalue weighted by Crippen LogP contribution is -2.22. The van der Waals surface area contributed by atoms with Crippen LogP contribution >= 0.6 is 0 Å². The molecule has 128 valence electrons. The Labute approximate surface area is 140 Å². The van der Waals surface area contributed by atoms with Crippen LogP contribution in [0.15, 0.2) is 42.5 Å². The molecule has 2 aromatic rings. The molecule has 0 unspecified atom stereocenters. The number of amides is 1. The minimum absolute atomic E-state index is 0.0981. The van der Waals surface area contributed by atoms with Crippen molar-refractivity contribution in [3.05, 3.63) is 54.1 Å². The van der Waals surface area contributed by atoms with Crippen molar-refractivity contribution in [2.24, 2.45) is 0 Å². The Kier molecular flexibility index (Phi) is 6.12. The highest BCUT2D eigenvalue weighted by Crippen LogP contribution is 2.18. The van der Waals surface area contributed by atoms with E-state index in [2.05, 4.69) is 24.1 Å². The number of carbonyl (C=O) groups excluding carboxylic acids is 1. The fourth-order valence-corrected chi connectivity index (χ4v) is 2.26. The molecule has 1 N–H and O–H groups in total. The summed E-state index contributed by atoms with van der Waals surface area (Å²) in [6.07, 6.45) is 0. The van der Waals surface area contributed by atoms with Gasteiger partial charge in [-0.3, -0.25) is 4.79 Å². The zero-order valence-electron chi connectivity index (χ0n) is 13.7. The third kappa shape index (κ3) is 4.68. The van der Waals surface area contributed by atoms with Gasteiger partial charge in [0.25, 0.3) is 5.91 Å². The van der Waals surface area contributed by atoms with E-state index < -0.39 is 11.6 Å². The number of carbonyl (C=O) groups is 1. The van der Waals surface area contributed by atoms with E-state index in [0.29, 0.717) is 5.69 Å². The molecule has 0 atom stereocenters. The minimum atomic E-state index is -1.01. The number of nitrogens with one attached hydrogen (secondary N) is 1. The van der Waals surface area contributed by atoms with Crippen LogP contribution < -0.4 is 15.0 Å². The summed E-state index contributed by atoms with van der Waals surface area (Å²) in [6.45, 7) is 5.68. The van der Waals surface area contributed by atoms with E-state index in [1.807, 2.05) is 24.3 Å². The standard InChI is InChI=1S/C18H20F2N2O2/c1-3-22(4-2)14-7-5-13(6-8-14)21-18(23)12-24-15-9-10-16(19)17(20)11-15/h5-11H,3-4,12H2,1-2H3,(H,21,23). The molecule has 1 amide bonds. The normalized spacial score (nSPS) is 10.3. The molecule has 0 saturated heterocycles. The molecule has 0 aliphatic rings. The Morgan fingerprint density at radius 3 is 2.29 bits per heavy atom. The van der Waals surface area contributed by atoms with Crippen molar-refractivity contribution >= 4 is 17.3 Å². The van der Waals surface area contributed by atoms with Gasteiger partial charge in [-0.25, -0.2) is 8.78 Å². The summed E-state index contributed by atoms with van der Waals surface area (Å²) < 4.78 is 31.0. The second-order valence-corrected chi connectivity index (χ2v) is 5.13. The monoisotopic (exact) mass is 334 g/mol. The maximum atomic E-state index is 13.1. The molecule has 0 saturated carbocycles. The maximum Gasteiger partial charge on any atom is 0.262 e. The number of benzene rings is 2. The molecule has 0 aliphatic carbocycles. The van der Waals surface area contributed by atoms with E-state index in [4.69, 9.17) is 4.74 Å². The number of anilines is 2. The van der Waals surface area contributed by atoms with Crippen molar-refractivity contribution in [2.45, 2.75) is 13.8 Å². The van der Waals surface area contributed by atoms with Crippen LogP contribution in [-0.2, 0) is 4.79 Å². The zero-order valence-corrected chi connectivity index (χ0v) is 13.7. The van der Waals surface area contributed by atoms with E-state index in [9.17, 15) is 13.6 Å². The first-order valence-electron chi connectivity index (χ1n) is 7.76. The van der Waals surface area contributed by atoms with E-state index >= 15 is 0 Å². The molecule has 2 rings (SSSR count). The number of halogens is 2. The number of hydrogen-bond donors (Lipinski definition) is 1. The van der Waals surface area contributed by atoms with Crippen molar-refractivity contribution < 1.29 is 18.3 Å². The van der Waals surface area contributed by atoms with Crippen molar-refractivity contribution in [3.63, 3.8) is 0 Å². The highest BCUT2D eigenvalue weighted by atomic mass is 19.2. The van der Waals surface area contributed by atoms with Crippen LogP contribution in [0.4, 0.5) is 20.2 Å². The Morgan fingerprint density at radius 2 is 1.71 bits per heavy atom. The summed E-state index contributed by atoms with van der Waals surface area (Å²) >= 11 is 0. The van der Waals surface area contributed by atoms with Gasteiger partial charge >= 0.3 is 0 Å². The average Bonchev–Trinajstić information content (AvgIpc) is 2.58. The smallest absolute Gasteiger partial charge is 0.262 e. The SMILES string of the molecule is CCN(CC)c1ccc(NC(=O)COc2ccc(F)c(F)c2)cc1. The summed E-state index contributed by atoms with van der Waals surface area (Å²) in [5.74, 6) is -2.25. The van der Waals surface area contributed by atoms with Crippen LogP contribution in [0.25, 0.3) is 0 Å². The van der Waals surface area contributed by atoms with Gasteiger partial charge < -0.3 is 15.0 Å². The van der Waals surface area contributed by atoms with Gasteiger partial charge in [0.15, 0.2) is 18.2 Å². The second kappa shape index (κ2) is 8.29. The summed E-state index contributed by atoms with van der Waals surface area (Å²) in [7, 11) is 0. The molecule has 0 radical (unpaired) electrons. The van der Waals surface area contributed by atoms with Crippen molar-refractivity contribution in [2.75, 3.05) is 29.9 Å². The van der Waals surface area contributed by atoms with Crippen LogP contribution in [0.2, 0.25) is 0 Å². The summed E-state index contributed by atoms with van der Waals surface area (Å²) in [5.41, 5.74) is 1.72. The Hall–Kier alpha value is -2.63. The Morgan fingerprint density at radius 1 is 1.04 bits per heavy atom. The number of hydrogen-bond acceptors (Lipinski definition) is 3. The van der Waals surface area contributed by atoms with E-state index in [1.165, 1.54) is 6.07 Å². The van der Waals surface area contributed by atoms with E-state index in [1.54, 1.807) is 0 Å². The lowest BCUT2D eigenvalue weighted by atomic mass is 10.2. The van der Waals surface area contributed by atoms with Crippen LogP contribution in [0.5, 0.6) is 5.75 Å². The van der Waals surface area contributed by atoms with Gasteiger partial charge in [-0.05, 0) is 50.2 Å². The van der Waals surface area contributed by atoms with Gasteiger partial charge in [0.1, 0.15) is 5.75 Å². The van der Waals surface area contributed by atoms with Crippen molar-refractivity contribution in [1.29, 1.82) is 0 Å². The number of ether oxygens (including phenoxy) is 1. The molecular formula is C18H20F2N2O2. The Balaban J connectivity index is 1.88. The largest absolute Gasteiger partial charge is 0.484 e. The molecule has 0 heterocycles. The maximum absolute atomic E-state index is 13.1. The lowest BCUT2D eigenvalue weighted by molar-refractivity contribution is -0.118. The summed E-state index contributed by atoms with van der Waals surface area (Å²) in [4.78, 5) is 14.0. The highest BCUT2D eigenvalue weighted by Gasteiger charge is 2.07. The topological polar surface area (TPSA) is 41.6 Å². The minimum Gasteiger partial charge on any atom is -0.484 e. The molecule has 0 fully saturated rings. The van der Waals surface area contributed by atoms with E-state index in [0.717, 1.165) is 30.9 Å². The van der Waals surface area contributed by atoms with Crippen molar-refractivity contribution in [1.82, 2.24) is 0 Å². The predicted octanol–water partition coefficient (Wildman–Crippen LogP) is 3.83. The summed E-state index contributed by atoms with van der Waals surface area (Å²) in [6, 6.07) is 10.6. The lowest BCUT2D eigenvalue weighted by Gasteiger charge is -2.21. The number of rotatable bonds is 7. The molecule has 6 heteroatoms. The fraction of sp³-hybridized carbons (Fsp3) is 0.278. The van der Waals surface area contributed by atoms with Crippen LogP contribution in [0.1, 0.15) is 13.8 Å². The third-order valence-electron chi connectivity index (χ3n) is 3.54. The van der Waals surface area contributed by atoms with Gasteiger partial charge in [-0.2, -0.15) is 0 Å². The molecule has 0 aromatic heterocycles. The first-order chi connectivity index (χ1) is 11.5. The molecule has 0 bridgehead atoms. The highest BCUT2D eigenvalue weighted by molar-refractivity contribution is 5.92. The Bertz CT molecular complexity index is 686. The molecule has 4 nitrogen and oxygen atoms in total. The second-order valence-electron chi connectivity index (χ2n) is 5.13. The average molecular weight is 334 g/mol. The quantitative estimate of drug-likeness (QED) is 0.837. The number of nitrogens with zero attached hydrogens (tertiary/aromatic N) is 1. The fourth-order valence-electron chi connectivity index (χ4n) is 2.26. The zero-order chi connectivity index (χ0) is 17.5. The van der Waals surface area contributed by atoms with Crippen LogP contribution in [0, 0.1) is 11.6 Å².